The van der Waals surface area contributed by atoms with Crippen LogP contribution in [-0.4, -0.2) is 10.2 Å². The minimum Gasteiger partial charge on any atom is -0.304 e. The summed E-state index contributed by atoms with van der Waals surface area (Å²) in [5.74, 6) is 0. The second-order valence-electron chi connectivity index (χ2n) is 3.98. The van der Waals surface area contributed by atoms with Crippen molar-refractivity contribution in [1.29, 1.82) is 0 Å². The molecule has 2 aromatic rings. The van der Waals surface area contributed by atoms with Gasteiger partial charge in [0.1, 0.15) is 0 Å². The fraction of sp³-hybridized carbons (Fsp3) is 0.308. The van der Waals surface area contributed by atoms with Gasteiger partial charge in [0.15, 0.2) is 0 Å². The van der Waals surface area contributed by atoms with Gasteiger partial charge < -0.3 is 5.32 Å². The number of hydrogen-bond donors (Lipinski definition) is 2. The molecule has 2 rings (SSSR count). The van der Waals surface area contributed by atoms with E-state index in [1.54, 1.807) is 6.20 Å². The molecule has 90 valence electrons. The Morgan fingerprint density at radius 1 is 1.29 bits per heavy atom. The third-order valence-electron chi connectivity index (χ3n) is 2.78. The Hall–Kier alpha value is -1.13. The van der Waals surface area contributed by atoms with E-state index in [9.17, 15) is 0 Å². The lowest BCUT2D eigenvalue weighted by atomic mass is 10.0. The molecule has 0 spiro atoms. The Kier molecular flexibility index (Phi) is 4.34. The van der Waals surface area contributed by atoms with Crippen molar-refractivity contribution in [3.63, 3.8) is 0 Å². The monoisotopic (exact) mass is 293 g/mol. The normalized spacial score (nSPS) is 12.6. The Bertz CT molecular complexity index is 436. The van der Waals surface area contributed by atoms with Gasteiger partial charge in [0.25, 0.3) is 0 Å². The Morgan fingerprint density at radius 2 is 2.06 bits per heavy atom. The van der Waals surface area contributed by atoms with E-state index in [0.29, 0.717) is 6.04 Å². The number of aromatic nitrogens is 2. The third kappa shape index (κ3) is 3.41. The maximum Gasteiger partial charge on any atom is 0.0490 e. The number of rotatable bonds is 5. The number of nitrogens with one attached hydrogen (secondary N) is 2. The summed E-state index contributed by atoms with van der Waals surface area (Å²) in [6.45, 7) is 3.00. The van der Waals surface area contributed by atoms with E-state index >= 15 is 0 Å². The van der Waals surface area contributed by atoms with Crippen LogP contribution >= 0.6 is 15.9 Å². The summed E-state index contributed by atoms with van der Waals surface area (Å²) in [6, 6.07) is 10.8. The van der Waals surface area contributed by atoms with E-state index in [0.717, 1.165) is 23.1 Å². The van der Waals surface area contributed by atoms with E-state index < -0.39 is 0 Å². The van der Waals surface area contributed by atoms with Crippen molar-refractivity contribution in [2.24, 2.45) is 0 Å². The lowest BCUT2D eigenvalue weighted by molar-refractivity contribution is 0.514. The zero-order chi connectivity index (χ0) is 12.1. The highest BCUT2D eigenvalue weighted by atomic mass is 79.9. The molecule has 0 radical (unpaired) electrons. The average Bonchev–Trinajstić information content (AvgIpc) is 2.85. The summed E-state index contributed by atoms with van der Waals surface area (Å²) in [5, 5.41) is 10.4. The highest BCUT2D eigenvalue weighted by molar-refractivity contribution is 9.10. The first-order valence-electron chi connectivity index (χ1n) is 5.76. The number of hydrogen-bond acceptors (Lipinski definition) is 2. The largest absolute Gasteiger partial charge is 0.304 e. The van der Waals surface area contributed by atoms with Crippen molar-refractivity contribution in [2.75, 3.05) is 0 Å². The first-order valence-corrected chi connectivity index (χ1v) is 6.56. The van der Waals surface area contributed by atoms with Crippen LogP contribution in [-0.2, 0) is 6.54 Å². The van der Waals surface area contributed by atoms with Gasteiger partial charge in [-0.3, -0.25) is 5.10 Å². The molecular weight excluding hydrogens is 278 g/mol. The predicted molar refractivity (Wildman–Crippen MR) is 72.6 cm³/mol. The molecule has 1 atom stereocenters. The second-order valence-corrected chi connectivity index (χ2v) is 4.89. The maximum absolute atomic E-state index is 3.94. The lowest BCUT2D eigenvalue weighted by Gasteiger charge is -2.17. The van der Waals surface area contributed by atoms with E-state index in [-0.39, 0.29) is 0 Å². The molecule has 0 fully saturated rings. The first kappa shape index (κ1) is 12.3. The van der Waals surface area contributed by atoms with Crippen LogP contribution in [0.25, 0.3) is 0 Å². The topological polar surface area (TPSA) is 40.7 Å². The quantitative estimate of drug-likeness (QED) is 0.887. The molecule has 4 heteroatoms. The van der Waals surface area contributed by atoms with Gasteiger partial charge in [-0.15, -0.1) is 0 Å². The molecule has 1 heterocycles. The van der Waals surface area contributed by atoms with Gasteiger partial charge >= 0.3 is 0 Å². The van der Waals surface area contributed by atoms with Crippen LogP contribution in [0.4, 0.5) is 0 Å². The van der Waals surface area contributed by atoms with Crippen LogP contribution in [0.5, 0.6) is 0 Å². The fourth-order valence-corrected chi connectivity index (χ4v) is 2.07. The van der Waals surface area contributed by atoms with Crippen LogP contribution in [0.1, 0.15) is 30.6 Å². The Balaban J connectivity index is 1.99. The van der Waals surface area contributed by atoms with Crippen LogP contribution < -0.4 is 5.32 Å². The maximum atomic E-state index is 3.94. The van der Waals surface area contributed by atoms with E-state index in [1.807, 2.05) is 6.07 Å². The Morgan fingerprint density at radius 3 is 2.65 bits per heavy atom. The molecule has 0 aliphatic rings. The molecule has 2 N–H and O–H groups in total. The molecule has 1 unspecified atom stereocenters. The number of H-pyrrole nitrogens is 1. The van der Waals surface area contributed by atoms with E-state index in [1.165, 1.54) is 5.56 Å². The van der Waals surface area contributed by atoms with Crippen LogP contribution in [0.15, 0.2) is 41.0 Å². The van der Waals surface area contributed by atoms with E-state index in [4.69, 9.17) is 0 Å². The Labute approximate surface area is 110 Å². The number of aromatic amines is 1. The first-order chi connectivity index (χ1) is 8.29. The van der Waals surface area contributed by atoms with Crippen molar-refractivity contribution in [3.05, 3.63) is 52.3 Å². The third-order valence-corrected chi connectivity index (χ3v) is 3.31. The zero-order valence-electron chi connectivity index (χ0n) is 9.78. The van der Waals surface area contributed by atoms with Crippen LogP contribution in [0.2, 0.25) is 0 Å². The highest BCUT2D eigenvalue weighted by Gasteiger charge is 2.08. The minimum absolute atomic E-state index is 0.381. The van der Waals surface area contributed by atoms with Crippen molar-refractivity contribution in [1.82, 2.24) is 15.5 Å². The van der Waals surface area contributed by atoms with Crippen molar-refractivity contribution >= 4 is 15.9 Å². The molecule has 17 heavy (non-hydrogen) atoms. The van der Waals surface area contributed by atoms with Crippen LogP contribution in [0, 0.1) is 0 Å². The summed E-state index contributed by atoms with van der Waals surface area (Å²) in [5.41, 5.74) is 2.43. The summed E-state index contributed by atoms with van der Waals surface area (Å²) in [4.78, 5) is 0. The van der Waals surface area contributed by atoms with Gasteiger partial charge in [-0.1, -0.05) is 35.0 Å². The van der Waals surface area contributed by atoms with Gasteiger partial charge in [0.2, 0.25) is 0 Å². The van der Waals surface area contributed by atoms with Gasteiger partial charge in [0.05, 0.1) is 0 Å². The molecule has 0 saturated carbocycles. The van der Waals surface area contributed by atoms with Crippen molar-refractivity contribution in [2.45, 2.75) is 25.9 Å². The lowest BCUT2D eigenvalue weighted by Crippen LogP contribution is -2.20. The molecule has 0 bridgehead atoms. The fourth-order valence-electron chi connectivity index (χ4n) is 1.81. The molecule has 0 saturated heterocycles. The number of nitrogens with zero attached hydrogens (tertiary/aromatic N) is 1. The number of halogens is 1. The smallest absolute Gasteiger partial charge is 0.0490 e. The highest BCUT2D eigenvalue weighted by Crippen LogP contribution is 2.19. The standard InChI is InChI=1S/C13H16BrN3/c1-2-13(10-3-5-11(14)6-4-10)15-9-12-7-8-16-17-12/h3-8,13,15H,2,9H2,1H3,(H,16,17). The second kappa shape index (κ2) is 5.98. The van der Waals surface area contributed by atoms with E-state index in [2.05, 4.69) is 62.6 Å². The zero-order valence-corrected chi connectivity index (χ0v) is 11.4. The molecule has 0 amide bonds. The van der Waals surface area contributed by atoms with Gasteiger partial charge in [0, 0.05) is 29.0 Å². The summed E-state index contributed by atoms with van der Waals surface area (Å²) in [7, 11) is 0. The van der Waals surface area contributed by atoms with Crippen molar-refractivity contribution < 1.29 is 0 Å². The summed E-state index contributed by atoms with van der Waals surface area (Å²) >= 11 is 3.45. The molecule has 1 aromatic carbocycles. The van der Waals surface area contributed by atoms with Gasteiger partial charge in [-0.05, 0) is 30.2 Å². The predicted octanol–water partition coefficient (Wildman–Crippen LogP) is 3.41. The minimum atomic E-state index is 0.381. The van der Waals surface area contributed by atoms with Crippen LogP contribution in [0.3, 0.4) is 0 Å². The molecular formula is C13H16BrN3. The van der Waals surface area contributed by atoms with Gasteiger partial charge in [-0.25, -0.2) is 0 Å². The summed E-state index contributed by atoms with van der Waals surface area (Å²) < 4.78 is 1.12. The number of benzene rings is 1. The molecule has 0 aliphatic heterocycles. The SMILES string of the molecule is CCC(NCc1ccn[nH]1)c1ccc(Br)cc1. The summed E-state index contributed by atoms with van der Waals surface area (Å²) in [6.07, 6.45) is 2.84. The van der Waals surface area contributed by atoms with Gasteiger partial charge in [-0.2, -0.15) is 5.10 Å². The molecule has 0 aliphatic carbocycles. The van der Waals surface area contributed by atoms with Crippen molar-refractivity contribution in [3.8, 4) is 0 Å². The molecule has 3 nitrogen and oxygen atoms in total. The average molecular weight is 294 g/mol. The molecule has 1 aromatic heterocycles.